The molecule has 0 N–H and O–H groups in total. The first-order chi connectivity index (χ1) is 10.8. The molecule has 0 aliphatic heterocycles. The molecule has 4 aromatic rings. The van der Waals surface area contributed by atoms with Crippen LogP contribution in [0.5, 0.6) is 0 Å². The van der Waals surface area contributed by atoms with Crippen molar-refractivity contribution in [2.75, 3.05) is 0 Å². The van der Waals surface area contributed by atoms with Gasteiger partial charge in [-0.25, -0.2) is 0 Å². The lowest BCUT2D eigenvalue weighted by Crippen LogP contribution is -1.93. The Bertz CT molecular complexity index is 1010. The normalized spacial score (nSPS) is 11.0. The molecule has 2 heterocycles. The Balaban J connectivity index is 2.13. The third-order valence-electron chi connectivity index (χ3n) is 4.21. The van der Waals surface area contributed by atoms with Gasteiger partial charge in [0.2, 0.25) is 0 Å². The smallest absolute Gasteiger partial charge is 0.0834 e. The molecule has 0 atom stereocenters. The Labute approximate surface area is 129 Å². The van der Waals surface area contributed by atoms with E-state index in [0.29, 0.717) is 13.1 Å². The first-order valence-electron chi connectivity index (χ1n) is 7.20. The highest BCUT2D eigenvalue weighted by Gasteiger charge is 2.10. The summed E-state index contributed by atoms with van der Waals surface area (Å²) in [6.45, 7) is 1.17. The summed E-state index contributed by atoms with van der Waals surface area (Å²) >= 11 is 0. The third kappa shape index (κ3) is 1.65. The average molecular weight is 282 g/mol. The van der Waals surface area contributed by atoms with Gasteiger partial charge in [0.05, 0.1) is 13.1 Å². The number of terminal acetylenes is 2. The zero-order chi connectivity index (χ0) is 15.1. The topological polar surface area (TPSA) is 9.86 Å². The Morgan fingerprint density at radius 2 is 1.23 bits per heavy atom. The van der Waals surface area contributed by atoms with Crippen LogP contribution in [0.1, 0.15) is 0 Å². The Morgan fingerprint density at radius 1 is 0.727 bits per heavy atom. The van der Waals surface area contributed by atoms with Crippen molar-refractivity contribution in [2.24, 2.45) is 0 Å². The molecule has 2 aromatic carbocycles. The Kier molecular flexibility index (Phi) is 2.71. The van der Waals surface area contributed by atoms with Gasteiger partial charge in [-0.2, -0.15) is 0 Å². The third-order valence-corrected chi connectivity index (χ3v) is 4.21. The van der Waals surface area contributed by atoms with E-state index in [4.69, 9.17) is 12.8 Å². The van der Waals surface area contributed by atoms with Crippen molar-refractivity contribution in [3.8, 4) is 24.7 Å². The van der Waals surface area contributed by atoms with E-state index in [2.05, 4.69) is 69.8 Å². The van der Waals surface area contributed by atoms with Gasteiger partial charge < -0.3 is 9.13 Å². The van der Waals surface area contributed by atoms with Crippen molar-refractivity contribution in [1.29, 1.82) is 0 Å². The van der Waals surface area contributed by atoms with Crippen LogP contribution < -0.4 is 0 Å². The van der Waals surface area contributed by atoms with Crippen molar-refractivity contribution in [3.05, 3.63) is 48.8 Å². The molecular formula is C20H14N2. The number of nitrogens with zero attached hydrogens (tertiary/aromatic N) is 2. The molecule has 2 heteroatoms. The van der Waals surface area contributed by atoms with Crippen LogP contribution in [0, 0.1) is 24.7 Å². The van der Waals surface area contributed by atoms with E-state index in [1.807, 2.05) is 0 Å². The summed E-state index contributed by atoms with van der Waals surface area (Å²) in [5, 5.41) is 4.96. The molecular weight excluding hydrogens is 268 g/mol. The first kappa shape index (κ1) is 12.6. The second-order valence-corrected chi connectivity index (χ2v) is 5.39. The molecule has 4 rings (SSSR count). The van der Waals surface area contributed by atoms with Crippen LogP contribution in [0.2, 0.25) is 0 Å². The maximum atomic E-state index is 5.46. The van der Waals surface area contributed by atoms with Gasteiger partial charge in [-0.3, -0.25) is 0 Å². The number of hydrogen-bond acceptors (Lipinski definition) is 0. The van der Waals surface area contributed by atoms with Crippen molar-refractivity contribution >= 4 is 32.6 Å². The van der Waals surface area contributed by atoms with Crippen LogP contribution >= 0.6 is 0 Å². The van der Waals surface area contributed by atoms with Gasteiger partial charge >= 0.3 is 0 Å². The van der Waals surface area contributed by atoms with Gasteiger partial charge in [-0.05, 0) is 29.7 Å². The number of rotatable bonds is 2. The van der Waals surface area contributed by atoms with Crippen LogP contribution in [0.4, 0.5) is 0 Å². The Morgan fingerprint density at radius 3 is 1.68 bits per heavy atom. The van der Waals surface area contributed by atoms with Crippen LogP contribution in [-0.2, 0) is 13.1 Å². The van der Waals surface area contributed by atoms with Crippen LogP contribution in [-0.4, -0.2) is 9.13 Å². The molecule has 0 bridgehead atoms. The van der Waals surface area contributed by atoms with E-state index >= 15 is 0 Å². The van der Waals surface area contributed by atoms with Crippen LogP contribution in [0.15, 0.2) is 48.8 Å². The molecule has 0 amide bonds. The summed E-state index contributed by atoms with van der Waals surface area (Å²) in [7, 11) is 0. The number of benzene rings is 2. The van der Waals surface area contributed by atoms with E-state index in [1.165, 1.54) is 32.6 Å². The minimum absolute atomic E-state index is 0.586. The summed E-state index contributed by atoms with van der Waals surface area (Å²) < 4.78 is 4.21. The first-order valence-corrected chi connectivity index (χ1v) is 7.20. The predicted octanol–water partition coefficient (Wildman–Crippen LogP) is 4.02. The van der Waals surface area contributed by atoms with Crippen molar-refractivity contribution < 1.29 is 0 Å². The molecule has 0 unspecified atom stereocenters. The molecule has 2 nitrogen and oxygen atoms in total. The molecule has 22 heavy (non-hydrogen) atoms. The van der Waals surface area contributed by atoms with Gasteiger partial charge in [0.1, 0.15) is 0 Å². The maximum absolute atomic E-state index is 5.46. The fourth-order valence-electron chi connectivity index (χ4n) is 3.25. The fourth-order valence-corrected chi connectivity index (χ4v) is 3.25. The molecule has 0 saturated carbocycles. The van der Waals surface area contributed by atoms with Crippen LogP contribution in [0.25, 0.3) is 32.6 Å². The van der Waals surface area contributed by atoms with E-state index in [0.717, 1.165) is 0 Å². The Hall–Kier alpha value is -3.10. The number of aromatic nitrogens is 2. The lowest BCUT2D eigenvalue weighted by atomic mass is 10.0. The zero-order valence-corrected chi connectivity index (χ0v) is 12.1. The molecule has 104 valence electrons. The maximum Gasteiger partial charge on any atom is 0.0834 e. The average Bonchev–Trinajstić information content (AvgIpc) is 3.12. The van der Waals surface area contributed by atoms with Crippen molar-refractivity contribution in [2.45, 2.75) is 13.1 Å². The minimum atomic E-state index is 0.586. The predicted molar refractivity (Wildman–Crippen MR) is 92.6 cm³/mol. The molecule has 0 fully saturated rings. The van der Waals surface area contributed by atoms with Crippen molar-refractivity contribution in [1.82, 2.24) is 9.13 Å². The number of fused-ring (bicyclic) bond motifs is 5. The summed E-state index contributed by atoms with van der Waals surface area (Å²) in [6.07, 6.45) is 15.0. The largest absolute Gasteiger partial charge is 0.336 e. The zero-order valence-electron chi connectivity index (χ0n) is 12.1. The summed E-state index contributed by atoms with van der Waals surface area (Å²) in [4.78, 5) is 0. The quantitative estimate of drug-likeness (QED) is 0.492. The summed E-state index contributed by atoms with van der Waals surface area (Å²) in [5.41, 5.74) is 2.34. The molecule has 2 aromatic heterocycles. The molecule has 0 saturated heterocycles. The van der Waals surface area contributed by atoms with E-state index < -0.39 is 0 Å². The van der Waals surface area contributed by atoms with Crippen LogP contribution in [0.3, 0.4) is 0 Å². The lowest BCUT2D eigenvalue weighted by Gasteiger charge is -2.06. The second-order valence-electron chi connectivity index (χ2n) is 5.39. The monoisotopic (exact) mass is 282 g/mol. The minimum Gasteiger partial charge on any atom is -0.336 e. The summed E-state index contributed by atoms with van der Waals surface area (Å²) in [6, 6.07) is 12.9. The van der Waals surface area contributed by atoms with Gasteiger partial charge in [0.25, 0.3) is 0 Å². The van der Waals surface area contributed by atoms with Crippen molar-refractivity contribution in [3.63, 3.8) is 0 Å². The van der Waals surface area contributed by atoms with Gasteiger partial charge in [0.15, 0.2) is 0 Å². The molecule has 0 aliphatic rings. The fraction of sp³-hybridized carbons (Fsp3) is 0.100. The number of hydrogen-bond donors (Lipinski definition) is 0. The van der Waals surface area contributed by atoms with E-state index in [1.54, 1.807) is 0 Å². The summed E-state index contributed by atoms with van der Waals surface area (Å²) in [5.74, 6) is 5.41. The molecule has 0 spiro atoms. The standard InChI is InChI=1S/C20H14N2/c1-3-11-21-13-9-16-18(21)7-5-15-6-8-19-17(20(15)16)10-14-22(19)12-4-2/h1-2,5-10,13-14H,11-12H2. The second kappa shape index (κ2) is 4.72. The van der Waals surface area contributed by atoms with Gasteiger partial charge in [0, 0.05) is 39.6 Å². The highest BCUT2D eigenvalue weighted by Crippen LogP contribution is 2.33. The van der Waals surface area contributed by atoms with Gasteiger partial charge in [-0.15, -0.1) is 12.8 Å². The molecule has 0 radical (unpaired) electrons. The molecule has 0 aliphatic carbocycles. The SMILES string of the molecule is C#CCn1ccc2c3c(ccc21)ccc1c3ccn1CC#C. The highest BCUT2D eigenvalue weighted by atomic mass is 15.0. The van der Waals surface area contributed by atoms with Gasteiger partial charge in [-0.1, -0.05) is 24.0 Å². The van der Waals surface area contributed by atoms with E-state index in [-0.39, 0.29) is 0 Å². The highest BCUT2D eigenvalue weighted by molar-refractivity contribution is 6.19. The van der Waals surface area contributed by atoms with E-state index in [9.17, 15) is 0 Å². The lowest BCUT2D eigenvalue weighted by molar-refractivity contribution is 0.886.